The number of ether oxygens (including phenoxy) is 3. The molecule has 0 fully saturated rings. The number of hydrogen-bond acceptors (Lipinski definition) is 6. The minimum atomic E-state index is -0.462. The summed E-state index contributed by atoms with van der Waals surface area (Å²) < 4.78 is 16.2. The third kappa shape index (κ3) is 5.68. The maximum absolute atomic E-state index is 12.6. The van der Waals surface area contributed by atoms with Crippen molar-refractivity contribution in [2.24, 2.45) is 0 Å². The number of hydrogen-bond donors (Lipinski definition) is 2. The molecule has 0 atom stereocenters. The molecule has 3 aromatic rings. The van der Waals surface area contributed by atoms with Gasteiger partial charge in [-0.2, -0.15) is 0 Å². The quantitative estimate of drug-likeness (QED) is 0.490. The van der Waals surface area contributed by atoms with E-state index in [1.54, 1.807) is 60.7 Å². The van der Waals surface area contributed by atoms with Crippen molar-refractivity contribution < 1.29 is 28.6 Å². The van der Waals surface area contributed by atoms with Crippen molar-refractivity contribution in [2.45, 2.75) is 6.54 Å². The SMILES string of the molecule is O=C(COc1ccccc1C(=O)NCC(=O)c1ccccc1)NCc1ccc2c(c1)OCO2. The van der Waals surface area contributed by atoms with E-state index in [9.17, 15) is 14.4 Å². The lowest BCUT2D eigenvalue weighted by molar-refractivity contribution is -0.123. The molecule has 8 heteroatoms. The largest absolute Gasteiger partial charge is 0.483 e. The smallest absolute Gasteiger partial charge is 0.258 e. The molecular weight excluding hydrogens is 424 g/mol. The van der Waals surface area contributed by atoms with E-state index < -0.39 is 5.91 Å². The molecule has 0 aromatic heterocycles. The molecule has 3 aromatic carbocycles. The van der Waals surface area contributed by atoms with Crippen molar-refractivity contribution in [1.29, 1.82) is 0 Å². The molecule has 2 N–H and O–H groups in total. The zero-order valence-electron chi connectivity index (χ0n) is 17.7. The summed E-state index contributed by atoms with van der Waals surface area (Å²) in [6, 6.07) is 20.7. The number of Topliss-reactive ketones (excluding diaryl/α,β-unsaturated/α-hetero) is 1. The summed E-state index contributed by atoms with van der Waals surface area (Å²) in [7, 11) is 0. The van der Waals surface area contributed by atoms with Crippen LogP contribution in [0.2, 0.25) is 0 Å². The number of fused-ring (bicyclic) bond motifs is 1. The van der Waals surface area contributed by atoms with E-state index in [-0.39, 0.29) is 42.9 Å². The highest BCUT2D eigenvalue weighted by atomic mass is 16.7. The highest BCUT2D eigenvalue weighted by Crippen LogP contribution is 2.32. The Morgan fingerprint density at radius 3 is 2.45 bits per heavy atom. The number of benzene rings is 3. The number of ketones is 1. The standard InChI is InChI=1S/C25H22N2O6/c28-20(18-6-2-1-3-7-18)14-27-25(30)19-8-4-5-9-21(19)31-15-24(29)26-13-17-10-11-22-23(12-17)33-16-32-22/h1-12H,13-16H2,(H,26,29)(H,27,30). The van der Waals surface area contributed by atoms with E-state index >= 15 is 0 Å². The molecule has 1 heterocycles. The van der Waals surface area contributed by atoms with Gasteiger partial charge in [-0.1, -0.05) is 48.5 Å². The Balaban J connectivity index is 1.28. The Morgan fingerprint density at radius 1 is 0.848 bits per heavy atom. The lowest BCUT2D eigenvalue weighted by Crippen LogP contribution is -2.31. The van der Waals surface area contributed by atoms with Crippen LogP contribution >= 0.6 is 0 Å². The van der Waals surface area contributed by atoms with Gasteiger partial charge in [0.2, 0.25) is 6.79 Å². The van der Waals surface area contributed by atoms with Gasteiger partial charge in [0, 0.05) is 12.1 Å². The van der Waals surface area contributed by atoms with E-state index in [4.69, 9.17) is 14.2 Å². The van der Waals surface area contributed by atoms with Crippen LogP contribution in [0.15, 0.2) is 72.8 Å². The minimum Gasteiger partial charge on any atom is -0.483 e. The predicted molar refractivity (Wildman–Crippen MR) is 119 cm³/mol. The minimum absolute atomic E-state index is 0.146. The van der Waals surface area contributed by atoms with Crippen LogP contribution in [0.3, 0.4) is 0 Å². The maximum atomic E-state index is 12.6. The van der Waals surface area contributed by atoms with Gasteiger partial charge in [0.1, 0.15) is 5.75 Å². The summed E-state index contributed by atoms with van der Waals surface area (Å²) in [5.74, 6) is 0.556. The van der Waals surface area contributed by atoms with Gasteiger partial charge in [-0.15, -0.1) is 0 Å². The number of para-hydroxylation sites is 1. The molecule has 0 radical (unpaired) electrons. The zero-order valence-corrected chi connectivity index (χ0v) is 17.7. The van der Waals surface area contributed by atoms with Crippen molar-refractivity contribution in [3.05, 3.63) is 89.5 Å². The predicted octanol–water partition coefficient (Wildman–Crippen LogP) is 2.72. The second-order valence-electron chi connectivity index (χ2n) is 7.22. The molecule has 33 heavy (non-hydrogen) atoms. The molecule has 0 saturated heterocycles. The Bertz CT molecular complexity index is 1160. The fraction of sp³-hybridized carbons (Fsp3) is 0.160. The first-order chi connectivity index (χ1) is 16.1. The molecule has 4 rings (SSSR count). The van der Waals surface area contributed by atoms with Crippen LogP contribution < -0.4 is 24.8 Å². The van der Waals surface area contributed by atoms with Crippen LogP contribution in [-0.2, 0) is 11.3 Å². The van der Waals surface area contributed by atoms with Crippen molar-refractivity contribution in [3.8, 4) is 17.2 Å². The summed E-state index contributed by atoms with van der Waals surface area (Å²) in [5.41, 5.74) is 1.61. The average molecular weight is 446 g/mol. The van der Waals surface area contributed by atoms with Gasteiger partial charge in [0.15, 0.2) is 23.9 Å². The van der Waals surface area contributed by atoms with E-state index in [2.05, 4.69) is 10.6 Å². The summed E-state index contributed by atoms with van der Waals surface area (Å²) in [4.78, 5) is 37.0. The maximum Gasteiger partial charge on any atom is 0.258 e. The number of rotatable bonds is 9. The Morgan fingerprint density at radius 2 is 1.61 bits per heavy atom. The lowest BCUT2D eigenvalue weighted by Gasteiger charge is -2.12. The molecule has 0 saturated carbocycles. The molecule has 1 aliphatic heterocycles. The van der Waals surface area contributed by atoms with Crippen molar-refractivity contribution in [1.82, 2.24) is 10.6 Å². The molecule has 0 bridgehead atoms. The summed E-state index contributed by atoms with van der Waals surface area (Å²) in [6.07, 6.45) is 0. The van der Waals surface area contributed by atoms with E-state index in [0.29, 0.717) is 23.6 Å². The van der Waals surface area contributed by atoms with Gasteiger partial charge in [0.25, 0.3) is 11.8 Å². The Kier molecular flexibility index (Phi) is 6.84. The van der Waals surface area contributed by atoms with Crippen LogP contribution in [0.5, 0.6) is 17.2 Å². The summed E-state index contributed by atoms with van der Waals surface area (Å²) in [5, 5.41) is 5.36. The first kappa shape index (κ1) is 21.9. The van der Waals surface area contributed by atoms with Gasteiger partial charge in [-0.05, 0) is 29.8 Å². The molecule has 0 aliphatic carbocycles. The van der Waals surface area contributed by atoms with Gasteiger partial charge in [0.05, 0.1) is 12.1 Å². The molecule has 1 aliphatic rings. The Labute approximate surface area is 190 Å². The van der Waals surface area contributed by atoms with Gasteiger partial charge in [-0.25, -0.2) is 0 Å². The molecule has 0 spiro atoms. The second kappa shape index (κ2) is 10.3. The molecule has 8 nitrogen and oxygen atoms in total. The topological polar surface area (TPSA) is 103 Å². The number of amides is 2. The van der Waals surface area contributed by atoms with Crippen molar-refractivity contribution in [2.75, 3.05) is 19.9 Å². The van der Waals surface area contributed by atoms with Crippen LogP contribution in [0, 0.1) is 0 Å². The van der Waals surface area contributed by atoms with Gasteiger partial charge >= 0.3 is 0 Å². The summed E-state index contributed by atoms with van der Waals surface area (Å²) >= 11 is 0. The monoisotopic (exact) mass is 446 g/mol. The molecule has 168 valence electrons. The van der Waals surface area contributed by atoms with E-state index in [1.807, 2.05) is 12.1 Å². The van der Waals surface area contributed by atoms with E-state index in [0.717, 1.165) is 5.56 Å². The van der Waals surface area contributed by atoms with Crippen LogP contribution in [-0.4, -0.2) is 37.5 Å². The summed E-state index contributed by atoms with van der Waals surface area (Å²) in [6.45, 7) is 0.0694. The first-order valence-corrected chi connectivity index (χ1v) is 10.3. The lowest BCUT2D eigenvalue weighted by atomic mass is 10.1. The molecule has 0 unspecified atom stereocenters. The van der Waals surface area contributed by atoms with E-state index in [1.165, 1.54) is 0 Å². The highest BCUT2D eigenvalue weighted by molar-refractivity contribution is 6.03. The zero-order chi connectivity index (χ0) is 23.0. The van der Waals surface area contributed by atoms with Crippen molar-refractivity contribution in [3.63, 3.8) is 0 Å². The third-order valence-corrected chi connectivity index (χ3v) is 4.92. The fourth-order valence-electron chi connectivity index (χ4n) is 3.21. The molecule has 2 amide bonds. The van der Waals surface area contributed by atoms with Crippen LogP contribution in [0.25, 0.3) is 0 Å². The third-order valence-electron chi connectivity index (χ3n) is 4.92. The normalized spacial score (nSPS) is 11.5. The first-order valence-electron chi connectivity index (χ1n) is 10.3. The van der Waals surface area contributed by atoms with Gasteiger partial charge in [-0.3, -0.25) is 14.4 Å². The average Bonchev–Trinajstić information content (AvgIpc) is 3.33. The number of carbonyl (C=O) groups is 3. The molecular formula is C25H22N2O6. The number of carbonyl (C=O) groups excluding carboxylic acids is 3. The number of nitrogens with one attached hydrogen (secondary N) is 2. The van der Waals surface area contributed by atoms with Crippen LogP contribution in [0.4, 0.5) is 0 Å². The van der Waals surface area contributed by atoms with Gasteiger partial charge < -0.3 is 24.8 Å². The second-order valence-corrected chi connectivity index (χ2v) is 7.22. The highest BCUT2D eigenvalue weighted by Gasteiger charge is 2.16. The Hall–Kier alpha value is -4.33. The fourth-order valence-corrected chi connectivity index (χ4v) is 3.21. The van der Waals surface area contributed by atoms with Crippen molar-refractivity contribution >= 4 is 17.6 Å². The van der Waals surface area contributed by atoms with Crippen LogP contribution in [0.1, 0.15) is 26.3 Å².